The van der Waals surface area contributed by atoms with Gasteiger partial charge in [-0.2, -0.15) is 0 Å². The Kier molecular flexibility index (Phi) is 7.02. The summed E-state index contributed by atoms with van der Waals surface area (Å²) in [5, 5.41) is 8.40. The lowest BCUT2D eigenvalue weighted by Crippen LogP contribution is -2.22. The second-order valence-electron chi connectivity index (χ2n) is 5.93. The Labute approximate surface area is 153 Å². The van der Waals surface area contributed by atoms with Crippen molar-refractivity contribution in [2.75, 3.05) is 24.2 Å². The first-order valence-corrected chi connectivity index (χ1v) is 8.64. The molecule has 0 aromatic heterocycles. The van der Waals surface area contributed by atoms with Gasteiger partial charge in [-0.1, -0.05) is 19.1 Å². The van der Waals surface area contributed by atoms with Crippen molar-refractivity contribution in [2.24, 2.45) is 0 Å². The van der Waals surface area contributed by atoms with Gasteiger partial charge in [0.15, 0.2) is 0 Å². The molecule has 2 amide bonds. The van der Waals surface area contributed by atoms with Crippen LogP contribution >= 0.6 is 0 Å². The number of carbonyl (C=O) groups is 2. The second-order valence-corrected chi connectivity index (χ2v) is 5.93. The zero-order valence-corrected chi connectivity index (χ0v) is 15.3. The fourth-order valence-corrected chi connectivity index (χ4v) is 2.27. The fourth-order valence-electron chi connectivity index (χ4n) is 2.27. The minimum absolute atomic E-state index is 0.108. The van der Waals surface area contributed by atoms with Gasteiger partial charge in [0, 0.05) is 30.1 Å². The summed E-state index contributed by atoms with van der Waals surface area (Å²) in [5.41, 5.74) is 1.87. The van der Waals surface area contributed by atoms with Gasteiger partial charge in [0.2, 0.25) is 5.91 Å². The maximum Gasteiger partial charge on any atom is 0.251 e. The molecule has 0 fully saturated rings. The van der Waals surface area contributed by atoms with Gasteiger partial charge in [-0.3, -0.25) is 9.59 Å². The van der Waals surface area contributed by atoms with Crippen molar-refractivity contribution in [3.05, 3.63) is 54.1 Å². The molecule has 138 valence electrons. The van der Waals surface area contributed by atoms with Crippen molar-refractivity contribution >= 4 is 23.2 Å². The highest BCUT2D eigenvalue weighted by atomic mass is 16.5. The fraction of sp³-hybridized carbons (Fsp3) is 0.300. The Morgan fingerprint density at radius 2 is 1.81 bits per heavy atom. The molecule has 0 radical (unpaired) electrons. The zero-order chi connectivity index (χ0) is 18.9. The number of carbonyl (C=O) groups excluding carboxylic acids is 2. The van der Waals surface area contributed by atoms with E-state index in [9.17, 15) is 9.59 Å². The summed E-state index contributed by atoms with van der Waals surface area (Å²) >= 11 is 0. The maximum absolute atomic E-state index is 12.1. The molecule has 3 N–H and O–H groups in total. The van der Waals surface area contributed by atoms with Gasteiger partial charge in [0.25, 0.3) is 5.91 Å². The number of amides is 2. The van der Waals surface area contributed by atoms with Gasteiger partial charge in [0.1, 0.15) is 5.75 Å². The molecule has 1 unspecified atom stereocenters. The maximum atomic E-state index is 12.1. The Morgan fingerprint density at radius 3 is 2.54 bits per heavy atom. The van der Waals surface area contributed by atoms with Gasteiger partial charge in [-0.15, -0.1) is 0 Å². The van der Waals surface area contributed by atoms with E-state index < -0.39 is 0 Å². The molecular formula is C20H25N3O3. The highest BCUT2D eigenvalue weighted by Gasteiger charge is 2.07. The van der Waals surface area contributed by atoms with E-state index >= 15 is 0 Å². The average Bonchev–Trinajstić information content (AvgIpc) is 2.66. The van der Waals surface area contributed by atoms with Crippen LogP contribution in [0.2, 0.25) is 0 Å². The first kappa shape index (κ1) is 19.3. The standard InChI is InChI=1S/C20H25N3O3/c1-4-14(2)26-18-10-6-8-16(12-18)22-13-19(24)23-17-9-5-7-15(11-17)20(25)21-3/h5-12,14,22H,4,13H2,1-3H3,(H,21,25)(H,23,24). The van der Waals surface area contributed by atoms with E-state index in [0.29, 0.717) is 11.3 Å². The molecule has 2 aromatic carbocycles. The number of rotatable bonds is 8. The van der Waals surface area contributed by atoms with Crippen LogP contribution in [0.3, 0.4) is 0 Å². The van der Waals surface area contributed by atoms with Crippen LogP contribution in [0, 0.1) is 0 Å². The topological polar surface area (TPSA) is 79.5 Å². The molecule has 0 spiro atoms. The van der Waals surface area contributed by atoms with Crippen LogP contribution in [0.25, 0.3) is 0 Å². The van der Waals surface area contributed by atoms with E-state index in [0.717, 1.165) is 17.9 Å². The second kappa shape index (κ2) is 9.46. The number of hydrogen-bond donors (Lipinski definition) is 3. The molecule has 2 rings (SSSR count). The third kappa shape index (κ3) is 5.81. The summed E-state index contributed by atoms with van der Waals surface area (Å²) in [6.07, 6.45) is 1.07. The van der Waals surface area contributed by atoms with Crippen molar-refractivity contribution in [1.82, 2.24) is 5.32 Å². The Balaban J connectivity index is 1.91. The molecule has 0 aliphatic heterocycles. The van der Waals surface area contributed by atoms with E-state index in [1.807, 2.05) is 31.2 Å². The molecule has 26 heavy (non-hydrogen) atoms. The van der Waals surface area contributed by atoms with Crippen molar-refractivity contribution in [3.63, 3.8) is 0 Å². The van der Waals surface area contributed by atoms with Crippen molar-refractivity contribution in [3.8, 4) is 5.75 Å². The Bertz CT molecular complexity index is 761. The van der Waals surface area contributed by atoms with Crippen LogP contribution < -0.4 is 20.7 Å². The number of nitrogens with one attached hydrogen (secondary N) is 3. The van der Waals surface area contributed by atoms with E-state index in [-0.39, 0.29) is 24.5 Å². The molecule has 0 aliphatic carbocycles. The number of hydrogen-bond acceptors (Lipinski definition) is 4. The van der Waals surface area contributed by atoms with Crippen molar-refractivity contribution < 1.29 is 14.3 Å². The third-order valence-electron chi connectivity index (χ3n) is 3.83. The number of anilines is 2. The highest BCUT2D eigenvalue weighted by molar-refractivity contribution is 5.98. The monoisotopic (exact) mass is 355 g/mol. The summed E-state index contributed by atoms with van der Waals surface area (Å²) in [6, 6.07) is 14.3. The summed E-state index contributed by atoms with van der Waals surface area (Å²) in [5.74, 6) is 0.368. The zero-order valence-electron chi connectivity index (χ0n) is 15.3. The summed E-state index contributed by atoms with van der Waals surface area (Å²) in [4.78, 5) is 23.8. The van der Waals surface area contributed by atoms with Crippen molar-refractivity contribution in [1.29, 1.82) is 0 Å². The number of ether oxygens (including phenoxy) is 1. The predicted molar refractivity (Wildman–Crippen MR) is 104 cm³/mol. The Morgan fingerprint density at radius 1 is 1.08 bits per heavy atom. The largest absolute Gasteiger partial charge is 0.491 e. The SMILES string of the molecule is CCC(C)Oc1cccc(NCC(=O)Nc2cccc(C(=O)NC)c2)c1. The first-order chi connectivity index (χ1) is 12.5. The molecule has 6 nitrogen and oxygen atoms in total. The predicted octanol–water partition coefficient (Wildman–Crippen LogP) is 3.27. The van der Waals surface area contributed by atoms with Crippen LogP contribution in [0.5, 0.6) is 5.75 Å². The molecule has 0 bridgehead atoms. The lowest BCUT2D eigenvalue weighted by Gasteiger charge is -2.14. The summed E-state index contributed by atoms with van der Waals surface area (Å²) in [6.45, 7) is 4.19. The van der Waals surface area contributed by atoms with Crippen LogP contribution in [0.4, 0.5) is 11.4 Å². The molecular weight excluding hydrogens is 330 g/mol. The summed E-state index contributed by atoms with van der Waals surface area (Å²) < 4.78 is 5.77. The van der Waals surface area contributed by atoms with Gasteiger partial charge in [0.05, 0.1) is 12.6 Å². The van der Waals surface area contributed by atoms with Gasteiger partial charge >= 0.3 is 0 Å². The third-order valence-corrected chi connectivity index (χ3v) is 3.83. The average molecular weight is 355 g/mol. The lowest BCUT2D eigenvalue weighted by atomic mass is 10.2. The number of benzene rings is 2. The van der Waals surface area contributed by atoms with E-state index in [1.165, 1.54) is 0 Å². The van der Waals surface area contributed by atoms with E-state index in [1.54, 1.807) is 31.3 Å². The van der Waals surface area contributed by atoms with E-state index in [2.05, 4.69) is 22.9 Å². The molecule has 0 saturated carbocycles. The molecule has 6 heteroatoms. The Hall–Kier alpha value is -3.02. The van der Waals surface area contributed by atoms with Gasteiger partial charge in [-0.05, 0) is 43.7 Å². The lowest BCUT2D eigenvalue weighted by molar-refractivity contribution is -0.114. The quantitative estimate of drug-likeness (QED) is 0.679. The van der Waals surface area contributed by atoms with Crippen molar-refractivity contribution in [2.45, 2.75) is 26.4 Å². The van der Waals surface area contributed by atoms with Crippen LogP contribution in [0.15, 0.2) is 48.5 Å². The van der Waals surface area contributed by atoms with E-state index in [4.69, 9.17) is 4.74 Å². The van der Waals surface area contributed by atoms with Gasteiger partial charge < -0.3 is 20.7 Å². The minimum Gasteiger partial charge on any atom is -0.491 e. The minimum atomic E-state index is -0.202. The molecule has 0 heterocycles. The van der Waals surface area contributed by atoms with Crippen LogP contribution in [-0.2, 0) is 4.79 Å². The normalized spacial score (nSPS) is 11.3. The molecule has 2 aromatic rings. The highest BCUT2D eigenvalue weighted by Crippen LogP contribution is 2.19. The first-order valence-electron chi connectivity index (χ1n) is 8.64. The summed E-state index contributed by atoms with van der Waals surface area (Å²) in [7, 11) is 1.57. The van der Waals surface area contributed by atoms with Gasteiger partial charge in [-0.25, -0.2) is 0 Å². The molecule has 1 atom stereocenters. The van der Waals surface area contributed by atoms with Crippen LogP contribution in [-0.4, -0.2) is 31.5 Å². The van der Waals surface area contributed by atoms with Crippen LogP contribution in [0.1, 0.15) is 30.6 Å². The molecule has 0 aliphatic rings. The smallest absolute Gasteiger partial charge is 0.251 e. The molecule has 0 saturated heterocycles.